The molecule has 0 aliphatic heterocycles. The van der Waals surface area contributed by atoms with Gasteiger partial charge in [-0.3, -0.25) is 14.5 Å². The van der Waals surface area contributed by atoms with Crippen molar-refractivity contribution < 1.29 is 19.1 Å². The zero-order chi connectivity index (χ0) is 23.6. The molecule has 1 unspecified atom stereocenters. The summed E-state index contributed by atoms with van der Waals surface area (Å²) in [5.74, 6) is 1.32. The fourth-order valence-electron chi connectivity index (χ4n) is 3.98. The van der Waals surface area contributed by atoms with E-state index in [2.05, 4.69) is 23.5 Å². The Balaban J connectivity index is 1.84. The molecule has 0 aliphatic rings. The smallest absolute Gasteiger partial charge is 0.305 e. The Hall–Kier alpha value is -3.19. The molecule has 3 rings (SSSR count). The van der Waals surface area contributed by atoms with Gasteiger partial charge >= 0.3 is 5.97 Å². The van der Waals surface area contributed by atoms with Gasteiger partial charge in [-0.05, 0) is 44.5 Å². The third-order valence-electron chi connectivity index (χ3n) is 5.79. The lowest BCUT2D eigenvalue weighted by Gasteiger charge is -2.28. The first-order valence-electron chi connectivity index (χ1n) is 11.6. The summed E-state index contributed by atoms with van der Waals surface area (Å²) in [6.45, 7) is 6.18. The lowest BCUT2D eigenvalue weighted by atomic mass is 10.2. The maximum Gasteiger partial charge on any atom is 0.305 e. The molecule has 0 amide bonds. The lowest BCUT2D eigenvalue weighted by molar-refractivity contribution is -0.140. The van der Waals surface area contributed by atoms with E-state index in [1.54, 1.807) is 0 Å². The first-order chi connectivity index (χ1) is 16.1. The van der Waals surface area contributed by atoms with Crippen LogP contribution in [0.15, 0.2) is 48.5 Å². The molecule has 0 aliphatic carbocycles. The molecule has 1 heterocycles. The van der Waals surface area contributed by atoms with E-state index in [-0.39, 0.29) is 5.97 Å². The Morgan fingerprint density at radius 1 is 1.09 bits per heavy atom. The van der Waals surface area contributed by atoms with E-state index in [4.69, 9.17) is 9.72 Å². The monoisotopic (exact) mass is 451 g/mol. The van der Waals surface area contributed by atoms with Gasteiger partial charge in [-0.15, -0.1) is 0 Å². The minimum absolute atomic E-state index is 0.176. The molecular weight excluding hydrogens is 418 g/mol. The Labute approximate surface area is 195 Å². The molecule has 2 aromatic carbocycles. The van der Waals surface area contributed by atoms with Crippen molar-refractivity contribution in [2.24, 2.45) is 0 Å². The van der Waals surface area contributed by atoms with E-state index in [1.807, 2.05) is 53.1 Å². The van der Waals surface area contributed by atoms with Crippen molar-refractivity contribution in [2.45, 2.75) is 45.7 Å². The third kappa shape index (κ3) is 5.99. The van der Waals surface area contributed by atoms with E-state index in [9.17, 15) is 9.59 Å². The second-order valence-corrected chi connectivity index (χ2v) is 7.83. The van der Waals surface area contributed by atoms with Crippen molar-refractivity contribution in [1.29, 1.82) is 0 Å². The molecule has 0 saturated carbocycles. The highest BCUT2D eigenvalue weighted by molar-refractivity contribution is 5.83. The van der Waals surface area contributed by atoms with Gasteiger partial charge in [0.05, 0.1) is 24.8 Å². The molecule has 0 spiro atoms. The summed E-state index contributed by atoms with van der Waals surface area (Å²) < 4.78 is 12.6. The molecule has 1 atom stereocenters. The van der Waals surface area contributed by atoms with E-state index in [0.717, 1.165) is 66.8 Å². The second-order valence-electron chi connectivity index (χ2n) is 7.83. The molecule has 176 valence electrons. The zero-order valence-electron chi connectivity index (χ0n) is 19.7. The average Bonchev–Trinajstić information content (AvgIpc) is 3.23. The maximum atomic E-state index is 12.2. The number of methoxy groups -OCH3 is 1. The number of hydrogen-bond donors (Lipinski definition) is 0. The van der Waals surface area contributed by atoms with Crippen LogP contribution < -0.4 is 4.74 Å². The molecule has 0 N–H and O–H groups in total. The molecule has 1 aromatic heterocycles. The minimum Gasteiger partial charge on any atom is -0.494 e. The van der Waals surface area contributed by atoms with E-state index < -0.39 is 6.17 Å². The van der Waals surface area contributed by atoms with Gasteiger partial charge in [0, 0.05) is 18.1 Å². The summed E-state index contributed by atoms with van der Waals surface area (Å²) in [4.78, 5) is 30.4. The van der Waals surface area contributed by atoms with Crippen molar-refractivity contribution in [2.75, 3.05) is 26.8 Å². The fourth-order valence-corrected chi connectivity index (χ4v) is 3.98. The summed E-state index contributed by atoms with van der Waals surface area (Å²) >= 11 is 0. The zero-order valence-corrected chi connectivity index (χ0v) is 19.7. The predicted molar refractivity (Wildman–Crippen MR) is 129 cm³/mol. The third-order valence-corrected chi connectivity index (χ3v) is 5.79. The number of hydrogen-bond acceptors (Lipinski definition) is 6. The summed E-state index contributed by atoms with van der Waals surface area (Å²) in [6.07, 6.45) is 3.52. The van der Waals surface area contributed by atoms with Crippen LogP contribution in [0.2, 0.25) is 0 Å². The molecule has 0 saturated heterocycles. The number of fused-ring (bicyclic) bond motifs is 1. The highest BCUT2D eigenvalue weighted by Crippen LogP contribution is 2.31. The van der Waals surface area contributed by atoms with Crippen LogP contribution in [0.5, 0.6) is 5.75 Å². The number of imidazole rings is 1. The van der Waals surface area contributed by atoms with Gasteiger partial charge in [0.1, 0.15) is 17.7 Å². The van der Waals surface area contributed by atoms with Gasteiger partial charge in [0.2, 0.25) is 0 Å². The fraction of sp³-hybridized carbons (Fsp3) is 0.423. The summed E-state index contributed by atoms with van der Waals surface area (Å²) in [5.41, 5.74) is 2.64. The topological polar surface area (TPSA) is 73.7 Å². The molecule has 0 fully saturated rings. The van der Waals surface area contributed by atoms with Gasteiger partial charge in [-0.2, -0.15) is 0 Å². The molecule has 0 radical (unpaired) electrons. The standard InChI is InChI=1S/C26H33N3O4/c1-4-28(5-2)24(19-30)29-23-16-15-21(33-17-11-7-10-14-25(31)32-3)18-22(23)27-26(29)20-12-8-6-9-13-20/h6,8-9,12-13,15-16,18-19,24H,4-5,7,10-11,14,17H2,1-3H3. The number of carbonyl (C=O) groups excluding carboxylic acids is 2. The van der Waals surface area contributed by atoms with Crippen molar-refractivity contribution in [3.63, 3.8) is 0 Å². The number of esters is 1. The number of aldehydes is 1. The van der Waals surface area contributed by atoms with Gasteiger partial charge in [0.15, 0.2) is 6.29 Å². The number of rotatable bonds is 13. The van der Waals surface area contributed by atoms with E-state index in [1.165, 1.54) is 7.11 Å². The number of likely N-dealkylation sites (N-methyl/N-ethyl adjacent to an activating group) is 1. The van der Waals surface area contributed by atoms with Crippen molar-refractivity contribution >= 4 is 23.3 Å². The highest BCUT2D eigenvalue weighted by Gasteiger charge is 2.24. The van der Waals surface area contributed by atoms with E-state index >= 15 is 0 Å². The molecule has 7 nitrogen and oxygen atoms in total. The first kappa shape index (κ1) is 24.5. The molecular formula is C26H33N3O4. The number of benzene rings is 2. The highest BCUT2D eigenvalue weighted by atomic mass is 16.5. The van der Waals surface area contributed by atoms with Gasteiger partial charge in [0.25, 0.3) is 0 Å². The first-order valence-corrected chi connectivity index (χ1v) is 11.6. The van der Waals surface area contributed by atoms with Crippen LogP contribution >= 0.6 is 0 Å². The Bertz CT molecular complexity index is 1040. The predicted octanol–water partition coefficient (Wildman–Crippen LogP) is 4.85. The van der Waals surface area contributed by atoms with Crippen LogP contribution in [0.25, 0.3) is 22.4 Å². The number of unbranched alkanes of at least 4 members (excludes halogenated alkanes) is 2. The Kier molecular flexibility index (Phi) is 9.01. The van der Waals surface area contributed by atoms with Crippen LogP contribution in [-0.4, -0.2) is 53.5 Å². The largest absolute Gasteiger partial charge is 0.494 e. The van der Waals surface area contributed by atoms with Crippen LogP contribution in [0.4, 0.5) is 0 Å². The average molecular weight is 452 g/mol. The summed E-state index contributed by atoms with van der Waals surface area (Å²) in [7, 11) is 1.41. The number of carbonyl (C=O) groups is 2. The molecule has 0 bridgehead atoms. The van der Waals surface area contributed by atoms with Gasteiger partial charge < -0.3 is 14.0 Å². The van der Waals surface area contributed by atoms with Crippen LogP contribution in [0.1, 0.15) is 45.7 Å². The summed E-state index contributed by atoms with van der Waals surface area (Å²) in [6, 6.07) is 15.8. The van der Waals surface area contributed by atoms with Crippen molar-refractivity contribution in [3.8, 4) is 17.1 Å². The van der Waals surface area contributed by atoms with Gasteiger partial charge in [-0.25, -0.2) is 4.98 Å². The molecule has 7 heteroatoms. The second kappa shape index (κ2) is 12.2. The summed E-state index contributed by atoms with van der Waals surface area (Å²) in [5, 5.41) is 0. The maximum absolute atomic E-state index is 12.2. The van der Waals surface area contributed by atoms with Gasteiger partial charge in [-0.1, -0.05) is 44.2 Å². The van der Waals surface area contributed by atoms with Crippen molar-refractivity contribution in [1.82, 2.24) is 14.5 Å². The molecule has 33 heavy (non-hydrogen) atoms. The number of ether oxygens (including phenoxy) is 2. The lowest BCUT2D eigenvalue weighted by Crippen LogP contribution is -2.33. The number of aromatic nitrogens is 2. The Morgan fingerprint density at radius 2 is 1.85 bits per heavy atom. The molecule has 3 aromatic rings. The normalized spacial score (nSPS) is 12.1. The van der Waals surface area contributed by atoms with Crippen LogP contribution in [-0.2, 0) is 14.3 Å². The minimum atomic E-state index is -0.443. The van der Waals surface area contributed by atoms with Crippen LogP contribution in [0, 0.1) is 0 Å². The van der Waals surface area contributed by atoms with E-state index in [0.29, 0.717) is 13.0 Å². The van der Waals surface area contributed by atoms with Crippen molar-refractivity contribution in [3.05, 3.63) is 48.5 Å². The number of nitrogens with zero attached hydrogens (tertiary/aromatic N) is 3. The SMILES string of the molecule is CCN(CC)C(C=O)n1c(-c2ccccc2)nc2cc(OCCCCCC(=O)OC)ccc21. The van der Waals surface area contributed by atoms with Crippen LogP contribution in [0.3, 0.4) is 0 Å². The Morgan fingerprint density at radius 3 is 2.52 bits per heavy atom. The quantitative estimate of drug-likeness (QED) is 0.210.